The fourth-order valence-electron chi connectivity index (χ4n) is 4.24. The van der Waals surface area contributed by atoms with Crippen LogP contribution in [0.1, 0.15) is 102 Å². The van der Waals surface area contributed by atoms with E-state index in [2.05, 4.69) is 58.9 Å². The van der Waals surface area contributed by atoms with Crippen molar-refractivity contribution in [3.63, 3.8) is 0 Å². The van der Waals surface area contributed by atoms with Gasteiger partial charge in [-0.05, 0) is 115 Å². The molecule has 0 atom stereocenters. The lowest BCUT2D eigenvalue weighted by molar-refractivity contribution is 0.00578. The van der Waals surface area contributed by atoms with Gasteiger partial charge in [0.05, 0.1) is 33.6 Å². The summed E-state index contributed by atoms with van der Waals surface area (Å²) in [7, 11) is -1.20. The molecule has 3 saturated heterocycles. The topological polar surface area (TPSA) is 55.4 Å². The summed E-state index contributed by atoms with van der Waals surface area (Å²) >= 11 is 5.61. The van der Waals surface area contributed by atoms with Gasteiger partial charge in [-0.2, -0.15) is 0 Å². The zero-order chi connectivity index (χ0) is 31.9. The van der Waals surface area contributed by atoms with Gasteiger partial charge < -0.3 is 27.9 Å². The van der Waals surface area contributed by atoms with E-state index in [9.17, 15) is 0 Å². The van der Waals surface area contributed by atoms with E-state index in [4.69, 9.17) is 39.5 Å². The van der Waals surface area contributed by atoms with Gasteiger partial charge in [-0.3, -0.25) is 0 Å². The zero-order valence-electron chi connectivity index (χ0n) is 28.2. The molecule has 0 radical (unpaired) electrons. The molecule has 2 aromatic rings. The number of hydrogen-bond donors (Lipinski definition) is 0. The summed E-state index contributed by atoms with van der Waals surface area (Å²) in [6, 6.07) is 16.0. The van der Waals surface area contributed by atoms with Crippen LogP contribution in [-0.4, -0.2) is 54.7 Å². The second-order valence-corrected chi connectivity index (χ2v) is 15.0. The fraction of sp³-hybridized carbons (Fsp3) is 0.636. The first-order valence-corrected chi connectivity index (χ1v) is 15.2. The van der Waals surface area contributed by atoms with Gasteiger partial charge in [0.2, 0.25) is 0 Å². The summed E-state index contributed by atoms with van der Waals surface area (Å²) in [6.45, 7) is 28.6. The third kappa shape index (κ3) is 8.69. The van der Waals surface area contributed by atoms with Crippen LogP contribution in [0.25, 0.3) is 0 Å². The van der Waals surface area contributed by atoms with Crippen molar-refractivity contribution in [1.29, 1.82) is 0 Å². The van der Waals surface area contributed by atoms with Crippen LogP contribution in [0.2, 0.25) is 5.02 Å². The molecule has 0 aliphatic carbocycles. The van der Waals surface area contributed by atoms with Gasteiger partial charge >= 0.3 is 21.1 Å². The normalized spacial score (nSPS) is 23.5. The number of hydrogen-bond acceptors (Lipinski definition) is 6. The average molecular weight is 615 g/mol. The molecule has 43 heavy (non-hydrogen) atoms. The van der Waals surface area contributed by atoms with E-state index < -0.39 is 14.0 Å². The lowest BCUT2D eigenvalue weighted by Crippen LogP contribution is -2.41. The molecular weight excluding hydrogens is 560 g/mol. The molecule has 0 saturated carbocycles. The lowest BCUT2D eigenvalue weighted by atomic mass is 9.49. The lowest BCUT2D eigenvalue weighted by Gasteiger charge is -2.32. The molecule has 10 heteroatoms. The Morgan fingerprint density at radius 2 is 0.698 bits per heavy atom. The van der Waals surface area contributed by atoms with Crippen LogP contribution in [0.4, 0.5) is 0 Å². The van der Waals surface area contributed by atoms with Gasteiger partial charge in [0, 0.05) is 5.02 Å². The van der Waals surface area contributed by atoms with Gasteiger partial charge in [-0.25, -0.2) is 0 Å². The summed E-state index contributed by atoms with van der Waals surface area (Å²) < 4.78 is 35.8. The van der Waals surface area contributed by atoms with Gasteiger partial charge in [0.25, 0.3) is 0 Å². The second-order valence-electron chi connectivity index (χ2n) is 14.5. The van der Waals surface area contributed by atoms with Gasteiger partial charge in [0.15, 0.2) is 0 Å². The molecule has 0 spiro atoms. The highest BCUT2D eigenvalue weighted by Crippen LogP contribution is 2.43. The number of benzene rings is 2. The molecule has 238 valence electrons. The van der Waals surface area contributed by atoms with Gasteiger partial charge in [0.1, 0.15) is 0 Å². The summed E-state index contributed by atoms with van der Waals surface area (Å²) in [4.78, 5) is 0. The Morgan fingerprint density at radius 1 is 0.442 bits per heavy atom. The molecule has 0 unspecified atom stereocenters. The molecule has 3 aliphatic heterocycles. The molecule has 3 heterocycles. The van der Waals surface area contributed by atoms with E-state index >= 15 is 0 Å². The Labute approximate surface area is 268 Å². The Bertz CT molecular complexity index is 1090. The Balaban J connectivity index is 0.000000237. The maximum atomic E-state index is 5.97. The van der Waals surface area contributed by atoms with E-state index in [1.165, 1.54) is 11.1 Å². The standard InChI is InChI=1S/C13H19BO2.C12H24B2O4.C7H7Cl.CH4/c1-10-6-8-11(9-7-10)14-15-12(2,3)13(4,5)16-14;1-9(2)10(3,4)16-13(15-9)14-17-11(5,6)12(7,8)18-14;1-6-2-4-7(8)5-3-6;/h6-9H,1-5H3;1-8H3;2-5H,1H3;1H4. The minimum absolute atomic E-state index is 0. The predicted molar refractivity (Wildman–Crippen MR) is 182 cm³/mol. The van der Waals surface area contributed by atoms with E-state index in [-0.39, 0.29) is 48.2 Å². The van der Waals surface area contributed by atoms with E-state index in [0.29, 0.717) is 0 Å². The van der Waals surface area contributed by atoms with Crippen molar-refractivity contribution >= 4 is 38.2 Å². The van der Waals surface area contributed by atoms with Crippen LogP contribution in [0.5, 0.6) is 0 Å². The van der Waals surface area contributed by atoms with Gasteiger partial charge in [-0.15, -0.1) is 0 Å². The summed E-state index contributed by atoms with van der Waals surface area (Å²) in [5.74, 6) is 0. The molecular formula is C33H54B3ClO6. The Hall–Kier alpha value is -1.32. The third-order valence-corrected chi connectivity index (χ3v) is 9.63. The molecule has 5 rings (SSSR count). The van der Waals surface area contributed by atoms with Crippen molar-refractivity contribution in [3.05, 3.63) is 64.7 Å². The monoisotopic (exact) mass is 614 g/mol. The number of aryl methyl sites for hydroxylation is 2. The highest BCUT2D eigenvalue weighted by Gasteiger charge is 2.63. The van der Waals surface area contributed by atoms with Crippen LogP contribution < -0.4 is 5.46 Å². The molecule has 0 bridgehead atoms. The second kappa shape index (κ2) is 13.2. The molecule has 3 fully saturated rings. The summed E-state index contributed by atoms with van der Waals surface area (Å²) in [6.07, 6.45) is 0. The molecule has 6 nitrogen and oxygen atoms in total. The zero-order valence-corrected chi connectivity index (χ0v) is 28.9. The van der Waals surface area contributed by atoms with Crippen molar-refractivity contribution in [1.82, 2.24) is 0 Å². The van der Waals surface area contributed by atoms with Gasteiger partial charge in [-0.1, -0.05) is 66.6 Å². The van der Waals surface area contributed by atoms with E-state index in [1.54, 1.807) is 0 Å². The highest BCUT2D eigenvalue weighted by molar-refractivity contribution is 7.11. The van der Waals surface area contributed by atoms with Crippen LogP contribution in [-0.2, 0) is 27.9 Å². The molecule has 0 N–H and O–H groups in total. The van der Waals surface area contributed by atoms with Crippen LogP contribution in [0.3, 0.4) is 0 Å². The maximum absolute atomic E-state index is 5.97. The van der Waals surface area contributed by atoms with E-state index in [1.807, 2.05) is 86.6 Å². The maximum Gasteiger partial charge on any atom is 0.494 e. The van der Waals surface area contributed by atoms with Crippen molar-refractivity contribution in [2.75, 3.05) is 0 Å². The smallest absolute Gasteiger partial charge is 0.405 e. The molecule has 0 aromatic heterocycles. The average Bonchev–Trinajstić information content (AvgIpc) is 3.31. The molecule has 2 aromatic carbocycles. The quantitative estimate of drug-likeness (QED) is 0.322. The SMILES string of the molecule is C.CC1(C)OB(B2OC(C)(C)C(C)(C)O2)OC1(C)C.Cc1ccc(B2OC(C)(C)C(C)(C)O2)cc1.Cc1ccc(Cl)cc1. The predicted octanol–water partition coefficient (Wildman–Crippen LogP) is 7.83. The first kappa shape index (κ1) is 37.9. The number of halogens is 1. The van der Waals surface area contributed by atoms with Crippen LogP contribution >= 0.6 is 11.6 Å². The first-order chi connectivity index (χ1) is 19.0. The first-order valence-electron chi connectivity index (χ1n) is 14.8. The molecule has 0 amide bonds. The molecule has 3 aliphatic rings. The van der Waals surface area contributed by atoms with Crippen molar-refractivity contribution in [2.45, 2.75) is 138 Å². The Kier molecular flexibility index (Phi) is 11.6. The van der Waals surface area contributed by atoms with Crippen LogP contribution in [0.15, 0.2) is 48.5 Å². The fourth-order valence-corrected chi connectivity index (χ4v) is 4.36. The van der Waals surface area contributed by atoms with E-state index in [0.717, 1.165) is 10.5 Å². The Morgan fingerprint density at radius 3 is 0.977 bits per heavy atom. The summed E-state index contributed by atoms with van der Waals surface area (Å²) in [5.41, 5.74) is 1.62. The van der Waals surface area contributed by atoms with Crippen molar-refractivity contribution < 1.29 is 27.9 Å². The minimum Gasteiger partial charge on any atom is -0.405 e. The highest BCUT2D eigenvalue weighted by atomic mass is 35.5. The minimum atomic E-state index is -0.476. The largest absolute Gasteiger partial charge is 0.494 e. The van der Waals surface area contributed by atoms with Crippen molar-refractivity contribution in [3.8, 4) is 0 Å². The van der Waals surface area contributed by atoms with Crippen LogP contribution in [0, 0.1) is 13.8 Å². The van der Waals surface area contributed by atoms with Crippen molar-refractivity contribution in [2.24, 2.45) is 0 Å². The summed E-state index contributed by atoms with van der Waals surface area (Å²) in [5, 5.41) is 0.801. The third-order valence-electron chi connectivity index (χ3n) is 9.38. The number of rotatable bonds is 2.